The summed E-state index contributed by atoms with van der Waals surface area (Å²) in [6.45, 7) is 8.42. The Morgan fingerprint density at radius 2 is 1.81 bits per heavy atom. The van der Waals surface area contributed by atoms with Crippen molar-refractivity contribution in [1.29, 1.82) is 0 Å². The molecule has 0 saturated carbocycles. The predicted octanol–water partition coefficient (Wildman–Crippen LogP) is 7.66. The molecule has 2 aromatic heterocycles. The van der Waals surface area contributed by atoms with Crippen LogP contribution in [0.25, 0.3) is 22.0 Å². The lowest BCUT2D eigenvalue weighted by Gasteiger charge is -2.34. The van der Waals surface area contributed by atoms with Crippen molar-refractivity contribution >= 4 is 34.4 Å². The number of benzene rings is 2. The van der Waals surface area contributed by atoms with E-state index in [0.717, 1.165) is 18.4 Å². The van der Waals surface area contributed by atoms with Gasteiger partial charge in [-0.25, -0.2) is 19.7 Å². The second-order valence-corrected chi connectivity index (χ2v) is 12.1. The third kappa shape index (κ3) is 8.75. The molecule has 5 rings (SSSR count). The van der Waals surface area contributed by atoms with E-state index in [2.05, 4.69) is 20.6 Å². The number of carbonyl (C=O) groups is 2. The maximum Gasteiger partial charge on any atom is 0.410 e. The van der Waals surface area contributed by atoms with Gasteiger partial charge in [-0.1, -0.05) is 24.3 Å². The smallest absolute Gasteiger partial charge is 0.410 e. The minimum atomic E-state index is -4.60. The Bertz CT molecular complexity index is 1810. The molecule has 0 radical (unpaired) electrons. The Balaban J connectivity index is 1.38. The molecule has 47 heavy (non-hydrogen) atoms. The minimum Gasteiger partial charge on any atom is -0.444 e. The number of amides is 2. The minimum absolute atomic E-state index is 0.0758. The standard InChI is InChI=1S/C34H35F3N6O4/c1-21-12-13-23-24(9-5-11-26(23)41-28(44)14-16-34(35,36)37)29(21)46-30-25(10-6-17-38-30)27-15-18-39-31(42-27)40-22-8-7-19-43(20-22)32(45)47-33(2,3)4/h5-6,9-18,22H,7-8,19-20H2,1-4H3,(H,41,44)(H,39,40,42)/t22-/m0/s1. The van der Waals surface area contributed by atoms with Crippen molar-refractivity contribution in [3.8, 4) is 22.9 Å². The molecule has 0 aliphatic carbocycles. The van der Waals surface area contributed by atoms with E-state index in [9.17, 15) is 22.8 Å². The fourth-order valence-corrected chi connectivity index (χ4v) is 5.14. The van der Waals surface area contributed by atoms with Crippen LogP contribution in [-0.4, -0.2) is 62.8 Å². The number of aryl methyl sites for hydroxylation is 1. The lowest BCUT2D eigenvalue weighted by molar-refractivity contribution is -0.112. The van der Waals surface area contributed by atoms with E-state index in [1.54, 1.807) is 59.8 Å². The van der Waals surface area contributed by atoms with Crippen molar-refractivity contribution in [2.75, 3.05) is 23.7 Å². The van der Waals surface area contributed by atoms with Gasteiger partial charge in [-0.15, -0.1) is 0 Å². The molecule has 1 aliphatic heterocycles. The maximum absolute atomic E-state index is 12.6. The van der Waals surface area contributed by atoms with Gasteiger partial charge < -0.3 is 25.0 Å². The number of aromatic nitrogens is 3. The third-order valence-corrected chi connectivity index (χ3v) is 7.20. The van der Waals surface area contributed by atoms with Crippen LogP contribution in [0, 0.1) is 6.92 Å². The van der Waals surface area contributed by atoms with Gasteiger partial charge >= 0.3 is 12.3 Å². The van der Waals surface area contributed by atoms with Crippen molar-refractivity contribution in [3.05, 3.63) is 78.6 Å². The van der Waals surface area contributed by atoms with E-state index in [4.69, 9.17) is 14.5 Å². The molecule has 2 amide bonds. The monoisotopic (exact) mass is 648 g/mol. The zero-order valence-electron chi connectivity index (χ0n) is 26.4. The number of hydrogen-bond donors (Lipinski definition) is 2. The van der Waals surface area contributed by atoms with Gasteiger partial charge in [0.15, 0.2) is 0 Å². The number of rotatable bonds is 7. The first kappa shape index (κ1) is 33.2. The van der Waals surface area contributed by atoms with E-state index in [-0.39, 0.29) is 24.1 Å². The molecule has 1 aliphatic rings. The molecule has 2 N–H and O–H groups in total. The first-order valence-corrected chi connectivity index (χ1v) is 15.1. The number of likely N-dealkylation sites (tertiary alicyclic amines) is 1. The largest absolute Gasteiger partial charge is 0.444 e. The van der Waals surface area contributed by atoms with Gasteiger partial charge in [-0.2, -0.15) is 13.2 Å². The molecule has 2 aromatic carbocycles. The highest BCUT2D eigenvalue weighted by molar-refractivity contribution is 6.07. The quantitative estimate of drug-likeness (QED) is 0.196. The SMILES string of the molecule is Cc1ccc2c(NC(=O)C=CC(F)(F)F)cccc2c1Oc1ncccc1-c1ccnc(N[C@H]2CCCN(C(=O)OC(C)(C)C)C2)n1. The number of alkyl halides is 3. The van der Waals surface area contributed by atoms with Crippen LogP contribution < -0.4 is 15.4 Å². The van der Waals surface area contributed by atoms with Gasteiger partial charge in [0.2, 0.25) is 17.7 Å². The average Bonchev–Trinajstić information content (AvgIpc) is 3.01. The number of allylic oxidation sites excluding steroid dienone is 1. The topological polar surface area (TPSA) is 119 Å². The molecule has 3 heterocycles. The Hall–Kier alpha value is -5.20. The van der Waals surface area contributed by atoms with Crippen LogP contribution in [0.15, 0.2) is 73.1 Å². The van der Waals surface area contributed by atoms with E-state index in [1.165, 1.54) is 0 Å². The second-order valence-electron chi connectivity index (χ2n) is 12.1. The number of pyridine rings is 1. The van der Waals surface area contributed by atoms with Crippen LogP contribution in [0.3, 0.4) is 0 Å². The molecule has 0 unspecified atom stereocenters. The van der Waals surface area contributed by atoms with E-state index < -0.39 is 17.7 Å². The van der Waals surface area contributed by atoms with Crippen molar-refractivity contribution < 1.29 is 32.2 Å². The summed E-state index contributed by atoms with van der Waals surface area (Å²) in [4.78, 5) is 40.1. The van der Waals surface area contributed by atoms with E-state index >= 15 is 0 Å². The Morgan fingerprint density at radius 1 is 1.00 bits per heavy atom. The summed E-state index contributed by atoms with van der Waals surface area (Å²) in [5, 5.41) is 7.05. The molecule has 0 bridgehead atoms. The van der Waals surface area contributed by atoms with E-state index in [1.807, 2.05) is 33.8 Å². The summed E-state index contributed by atoms with van der Waals surface area (Å²) in [6.07, 6.45) is 0.220. The predicted molar refractivity (Wildman–Crippen MR) is 172 cm³/mol. The van der Waals surface area contributed by atoms with Crippen molar-refractivity contribution in [2.24, 2.45) is 0 Å². The van der Waals surface area contributed by atoms with E-state index in [0.29, 0.717) is 58.6 Å². The Labute approximate surface area is 270 Å². The molecule has 10 nitrogen and oxygen atoms in total. The van der Waals surface area contributed by atoms with Crippen LogP contribution in [0.1, 0.15) is 39.2 Å². The summed E-state index contributed by atoms with van der Waals surface area (Å²) in [7, 11) is 0. The summed E-state index contributed by atoms with van der Waals surface area (Å²) < 4.78 is 49.6. The van der Waals surface area contributed by atoms with Crippen LogP contribution in [0.5, 0.6) is 11.6 Å². The van der Waals surface area contributed by atoms with Gasteiger partial charge in [-0.05, 0) is 70.4 Å². The third-order valence-electron chi connectivity index (χ3n) is 7.20. The lowest BCUT2D eigenvalue weighted by atomic mass is 10.0. The van der Waals surface area contributed by atoms with Crippen LogP contribution in [0.2, 0.25) is 0 Å². The number of halogens is 3. The maximum atomic E-state index is 12.6. The zero-order valence-corrected chi connectivity index (χ0v) is 26.4. The second kappa shape index (κ2) is 13.7. The van der Waals surface area contributed by atoms with Gasteiger partial charge in [0.1, 0.15) is 11.4 Å². The number of nitrogens with one attached hydrogen (secondary N) is 2. The number of carbonyl (C=O) groups excluding carboxylic acids is 2. The van der Waals surface area contributed by atoms with Crippen LogP contribution in [-0.2, 0) is 9.53 Å². The zero-order chi connectivity index (χ0) is 33.8. The number of anilines is 2. The summed E-state index contributed by atoms with van der Waals surface area (Å²) in [5.74, 6) is 0.198. The van der Waals surface area contributed by atoms with Gasteiger partial charge in [0.05, 0.1) is 11.3 Å². The first-order chi connectivity index (χ1) is 22.3. The number of piperidine rings is 1. The molecule has 1 saturated heterocycles. The summed E-state index contributed by atoms with van der Waals surface area (Å²) >= 11 is 0. The number of ether oxygens (including phenoxy) is 2. The van der Waals surface area contributed by atoms with Crippen molar-refractivity contribution in [3.63, 3.8) is 0 Å². The molecule has 13 heteroatoms. The highest BCUT2D eigenvalue weighted by Gasteiger charge is 2.28. The van der Waals surface area contributed by atoms with Gasteiger partial charge in [-0.3, -0.25) is 4.79 Å². The number of hydrogen-bond acceptors (Lipinski definition) is 8. The first-order valence-electron chi connectivity index (χ1n) is 15.1. The normalized spacial score (nSPS) is 15.5. The molecule has 0 spiro atoms. The lowest BCUT2D eigenvalue weighted by Crippen LogP contribution is -2.47. The van der Waals surface area contributed by atoms with Gasteiger partial charge in [0, 0.05) is 60.1 Å². The average molecular weight is 649 g/mol. The summed E-state index contributed by atoms with van der Waals surface area (Å²) in [6, 6.07) is 13.9. The van der Waals surface area contributed by atoms with Gasteiger partial charge in [0.25, 0.3) is 0 Å². The van der Waals surface area contributed by atoms with Crippen molar-refractivity contribution in [1.82, 2.24) is 19.9 Å². The number of fused-ring (bicyclic) bond motifs is 1. The molecule has 246 valence electrons. The fourth-order valence-electron chi connectivity index (χ4n) is 5.14. The molecular weight excluding hydrogens is 613 g/mol. The molecular formula is C34H35F3N6O4. The molecule has 4 aromatic rings. The fraction of sp³-hybridized carbons (Fsp3) is 0.324. The Morgan fingerprint density at radius 3 is 2.57 bits per heavy atom. The van der Waals surface area contributed by atoms with Crippen LogP contribution in [0.4, 0.5) is 29.6 Å². The van der Waals surface area contributed by atoms with Crippen LogP contribution >= 0.6 is 0 Å². The highest BCUT2D eigenvalue weighted by atomic mass is 19.4. The van der Waals surface area contributed by atoms with Crippen molar-refractivity contribution in [2.45, 2.75) is 58.4 Å². The Kier molecular flexibility index (Phi) is 9.64. The molecule has 1 atom stereocenters. The highest BCUT2D eigenvalue weighted by Crippen LogP contribution is 2.38. The number of nitrogens with zero attached hydrogens (tertiary/aromatic N) is 4. The summed E-state index contributed by atoms with van der Waals surface area (Å²) in [5.41, 5.74) is 1.65. The molecule has 1 fully saturated rings.